The fourth-order valence-electron chi connectivity index (χ4n) is 11.4. The van der Waals surface area contributed by atoms with E-state index in [1.807, 2.05) is 97.1 Å². The van der Waals surface area contributed by atoms with Crippen molar-refractivity contribution in [2.75, 3.05) is 0 Å². The van der Waals surface area contributed by atoms with Crippen molar-refractivity contribution in [1.82, 2.24) is 0 Å². The van der Waals surface area contributed by atoms with Crippen LogP contribution in [0.4, 0.5) is 0 Å². The summed E-state index contributed by atoms with van der Waals surface area (Å²) in [6, 6.07) is 112. The van der Waals surface area contributed by atoms with Crippen LogP contribution in [0.3, 0.4) is 0 Å². The highest BCUT2D eigenvalue weighted by molar-refractivity contribution is 8.02. The monoisotopic (exact) mass is 1180 g/mol. The van der Waals surface area contributed by atoms with Gasteiger partial charge in [-0.25, -0.2) is 0 Å². The van der Waals surface area contributed by atoms with Crippen LogP contribution in [-0.4, -0.2) is 11.6 Å². The summed E-state index contributed by atoms with van der Waals surface area (Å²) in [6.07, 6.45) is 0. The molecule has 0 aromatic heterocycles. The van der Waals surface area contributed by atoms with E-state index < -0.39 is 14.5 Å². The van der Waals surface area contributed by atoms with E-state index in [1.165, 1.54) is 42.4 Å². The normalized spacial score (nSPS) is 11.3. The van der Waals surface area contributed by atoms with Crippen LogP contribution >= 0.6 is 14.5 Å². The van der Waals surface area contributed by atoms with Gasteiger partial charge in [0.1, 0.15) is 80.0 Å². The van der Waals surface area contributed by atoms with Gasteiger partial charge < -0.3 is 34.3 Å². The molecule has 0 fully saturated rings. The fourth-order valence-corrected chi connectivity index (χ4v) is 19.9. The summed E-state index contributed by atoms with van der Waals surface area (Å²) in [5.74, 6) is 2.59. The van der Waals surface area contributed by atoms with Crippen molar-refractivity contribution < 1.29 is 43.9 Å². The number of ether oxygens (including phenoxy) is 2. The van der Waals surface area contributed by atoms with Gasteiger partial charge in [0.25, 0.3) is 0 Å². The Hall–Kier alpha value is -8.98. The summed E-state index contributed by atoms with van der Waals surface area (Å²) in [6.45, 7) is 4.40. The van der Waals surface area contributed by atoms with Crippen molar-refractivity contribution in [3.63, 3.8) is 0 Å². The van der Waals surface area contributed by atoms with E-state index in [0.717, 1.165) is 11.1 Å². The Balaban J connectivity index is 0.00000402. The van der Waals surface area contributed by atoms with Gasteiger partial charge >= 0.3 is 0 Å². The van der Waals surface area contributed by atoms with E-state index in [2.05, 4.69) is 244 Å². The molecule has 0 saturated carbocycles. The molecule has 416 valence electrons. The first-order chi connectivity index (χ1) is 40.7. The maximum absolute atomic E-state index is 14.0. The molecule has 12 aromatic rings. The third kappa shape index (κ3) is 11.9. The Morgan fingerprint density at radius 2 is 0.424 bits per heavy atom. The van der Waals surface area contributed by atoms with Crippen LogP contribution < -0.4 is 76.7 Å². The number of carbonyl (C=O) groups is 2. The molecule has 12 rings (SSSR count). The first kappa shape index (κ1) is 59.2. The minimum absolute atomic E-state index is 0. The highest BCUT2D eigenvalue weighted by Gasteiger charge is 2.49. The molecule has 0 spiro atoms. The molecule has 0 amide bonds. The van der Waals surface area contributed by atoms with Gasteiger partial charge in [0.2, 0.25) is 0 Å². The van der Waals surface area contributed by atoms with Crippen molar-refractivity contribution in [1.29, 1.82) is 0 Å². The number of benzene rings is 12. The zero-order valence-corrected chi connectivity index (χ0v) is 50.3. The second-order valence-corrected chi connectivity index (χ2v) is 27.8. The van der Waals surface area contributed by atoms with Crippen molar-refractivity contribution >= 4 is 68.5 Å². The third-order valence-electron chi connectivity index (χ3n) is 15.8. The number of carbonyl (C=O) groups excluding carboxylic acids is 2. The van der Waals surface area contributed by atoms with Crippen LogP contribution in [0.2, 0.25) is 0 Å². The van der Waals surface area contributed by atoms with Crippen LogP contribution in [0.15, 0.2) is 328 Å². The molecule has 85 heavy (non-hydrogen) atoms. The zero-order valence-electron chi connectivity index (χ0n) is 47.0. The van der Waals surface area contributed by atoms with Crippen molar-refractivity contribution in [2.24, 2.45) is 0 Å². The first-order valence-corrected chi connectivity index (χ1v) is 31.5. The number of rotatable bonds is 18. The predicted octanol–water partition coefficient (Wildman–Crippen LogP) is 9.31. The molecule has 0 saturated heterocycles. The van der Waals surface area contributed by atoms with Gasteiger partial charge in [0, 0.05) is 27.7 Å². The maximum atomic E-state index is 14.0. The van der Waals surface area contributed by atoms with Crippen LogP contribution in [0, 0.1) is 0 Å². The van der Waals surface area contributed by atoms with E-state index >= 15 is 0 Å². The van der Waals surface area contributed by atoms with E-state index in [4.69, 9.17) is 9.47 Å². The van der Waals surface area contributed by atoms with Crippen molar-refractivity contribution in [3.05, 3.63) is 361 Å². The Morgan fingerprint density at radius 1 is 0.247 bits per heavy atom. The molecule has 0 bridgehead atoms. The summed E-state index contributed by atoms with van der Waals surface area (Å²) in [5.41, 5.74) is 4.37. The molecule has 0 aliphatic rings. The average molecular weight is 1180 g/mol. The first-order valence-electron chi connectivity index (χ1n) is 27.9. The molecule has 0 radical (unpaired) electrons. The van der Waals surface area contributed by atoms with Crippen molar-refractivity contribution in [3.8, 4) is 23.0 Å². The maximum Gasteiger partial charge on any atom is 0.193 e. The van der Waals surface area contributed by atoms with Crippen molar-refractivity contribution in [2.45, 2.75) is 19.3 Å². The van der Waals surface area contributed by atoms with Gasteiger partial charge in [0.15, 0.2) is 11.6 Å². The number of ketones is 2. The second-order valence-electron chi connectivity index (χ2n) is 21.0. The molecule has 12 aromatic carbocycles. The van der Waals surface area contributed by atoms with Crippen LogP contribution in [-0.2, 0) is 5.41 Å². The van der Waals surface area contributed by atoms with Crippen LogP contribution in [0.1, 0.15) is 56.8 Å². The van der Waals surface area contributed by atoms with Gasteiger partial charge in [-0.3, -0.25) is 9.59 Å². The Morgan fingerprint density at radius 3 is 0.635 bits per heavy atom. The number of hydrogen-bond donors (Lipinski definition) is 0. The third-order valence-corrected chi connectivity index (χ3v) is 24.3. The topological polar surface area (TPSA) is 52.6 Å². The zero-order chi connectivity index (χ0) is 56.6. The lowest BCUT2D eigenvalue weighted by Crippen LogP contribution is -3.00. The molecular formula is C77H60Cl2O4P2. The smallest absolute Gasteiger partial charge is 0.193 e. The summed E-state index contributed by atoms with van der Waals surface area (Å²) in [5, 5.41) is 9.91. The summed E-state index contributed by atoms with van der Waals surface area (Å²) >= 11 is 0. The van der Waals surface area contributed by atoms with E-state index in [0.29, 0.717) is 45.3 Å². The lowest BCUT2D eigenvalue weighted by Gasteiger charge is -2.27. The largest absolute Gasteiger partial charge is 1.00 e. The molecule has 0 atom stereocenters. The lowest BCUT2D eigenvalue weighted by atomic mass is 9.78. The Bertz CT molecular complexity index is 3650. The Labute approximate surface area is 512 Å². The van der Waals surface area contributed by atoms with E-state index in [1.54, 1.807) is 0 Å². The predicted molar refractivity (Wildman–Crippen MR) is 347 cm³/mol. The minimum atomic E-state index is -2.28. The molecule has 0 N–H and O–H groups in total. The molecule has 0 aliphatic carbocycles. The lowest BCUT2D eigenvalue weighted by molar-refractivity contribution is -0.001000. The SMILES string of the molecule is CC(C)(c1ccc(Oc2ccc(C(=O)c3ccc([P+](c4ccccc4)(c4ccccc4)c4ccccc4)cc3)cc2)cc1)c1ccc(Oc2ccc(C(=O)c3ccc([P+](c4ccccc4)(c4ccccc4)c4ccccc4)cc3)cc2)cc1.[Cl-].[Cl-]. The average Bonchev–Trinajstić information content (AvgIpc) is 1.77. The minimum Gasteiger partial charge on any atom is -1.00 e. The molecular weight excluding hydrogens is 1120 g/mol. The van der Waals surface area contributed by atoms with Gasteiger partial charge in [-0.15, -0.1) is 0 Å². The van der Waals surface area contributed by atoms with Gasteiger partial charge in [-0.1, -0.05) is 147 Å². The fraction of sp³-hybridized carbons (Fsp3) is 0.0390. The molecule has 0 heterocycles. The molecule has 4 nitrogen and oxygen atoms in total. The highest BCUT2D eigenvalue weighted by Crippen LogP contribution is 2.55. The quantitative estimate of drug-likeness (QED) is 0.0636. The molecule has 8 heteroatoms. The van der Waals surface area contributed by atoms with E-state index in [-0.39, 0.29) is 41.8 Å². The van der Waals surface area contributed by atoms with Gasteiger partial charge in [-0.2, -0.15) is 0 Å². The standard InChI is InChI=1S/C77H60O4P2.2ClH/c1-77(2,61-41-49-65(50-42-61)80-63-45-33-57(34-46-63)75(78)59-37-53-73(54-38-59)82(67-21-9-3-10-22-67,68-23-11-4-12-24-68)69-25-13-5-14-26-69)62-43-51-66(52-44-62)81-64-47-35-58(36-48-64)76(79)60-39-55-74(56-40-60)83(70-27-15-6-16-28-70,71-29-17-7-18-30-71)72-31-19-8-20-32-72;;/h3-56H,1-2H3;2*1H/q+2;;/p-2. The molecule has 0 aliphatic heterocycles. The molecule has 0 unspecified atom stereocenters. The summed E-state index contributed by atoms with van der Waals surface area (Å²) < 4.78 is 12.6. The second kappa shape index (κ2) is 26.3. The van der Waals surface area contributed by atoms with Crippen LogP contribution in [0.5, 0.6) is 23.0 Å². The van der Waals surface area contributed by atoms with E-state index in [9.17, 15) is 9.59 Å². The summed E-state index contributed by atoms with van der Waals surface area (Å²) in [7, 11) is -4.55. The number of halogens is 2. The van der Waals surface area contributed by atoms with Gasteiger partial charge in [0.05, 0.1) is 0 Å². The highest BCUT2D eigenvalue weighted by atomic mass is 35.5. The Kier molecular flexibility index (Phi) is 18.3. The summed E-state index contributed by atoms with van der Waals surface area (Å²) in [4.78, 5) is 27.9. The number of hydrogen-bond acceptors (Lipinski definition) is 4. The van der Waals surface area contributed by atoms with Crippen LogP contribution in [0.25, 0.3) is 0 Å². The van der Waals surface area contributed by atoms with Gasteiger partial charge in [-0.05, 0) is 205 Å².